The van der Waals surface area contributed by atoms with Gasteiger partial charge >= 0.3 is 5.97 Å². The third-order valence-corrected chi connectivity index (χ3v) is 7.84. The average molecular weight is 503 g/mol. The van der Waals surface area contributed by atoms with Crippen molar-refractivity contribution >= 4 is 45.9 Å². The number of anilines is 4. The van der Waals surface area contributed by atoms with Crippen molar-refractivity contribution in [1.82, 2.24) is 19.9 Å². The van der Waals surface area contributed by atoms with Crippen molar-refractivity contribution in [2.45, 2.75) is 45.7 Å². The lowest BCUT2D eigenvalue weighted by atomic mass is 9.95. The van der Waals surface area contributed by atoms with Gasteiger partial charge in [-0.1, -0.05) is 18.3 Å². The Kier molecular flexibility index (Phi) is 7.41. The first-order valence-electron chi connectivity index (χ1n) is 12.0. The van der Waals surface area contributed by atoms with Crippen LogP contribution in [0, 0.1) is 18.8 Å². The molecular weight excluding hydrogens is 468 g/mol. The predicted molar refractivity (Wildman–Crippen MR) is 136 cm³/mol. The number of carbonyl (C=O) groups is 2. The summed E-state index contributed by atoms with van der Waals surface area (Å²) in [6.45, 7) is 6.09. The molecule has 2 aliphatic heterocycles. The molecule has 3 unspecified atom stereocenters. The summed E-state index contributed by atoms with van der Waals surface area (Å²) in [6, 6.07) is 1.98. The van der Waals surface area contributed by atoms with Crippen LogP contribution >= 0.6 is 11.3 Å². The minimum atomic E-state index is -1.01. The highest BCUT2D eigenvalue weighted by Crippen LogP contribution is 2.33. The number of rotatable bonds is 7. The number of aromatic nitrogens is 3. The van der Waals surface area contributed by atoms with Crippen LogP contribution in [-0.4, -0.2) is 76.7 Å². The van der Waals surface area contributed by atoms with E-state index >= 15 is 0 Å². The Morgan fingerprint density at radius 3 is 2.60 bits per heavy atom. The van der Waals surface area contributed by atoms with Crippen LogP contribution in [0.4, 0.5) is 22.7 Å². The van der Waals surface area contributed by atoms with E-state index in [4.69, 9.17) is 15.7 Å². The molecule has 190 valence electrons. The number of aryl methyl sites for hydroxylation is 1. The molecule has 2 aliphatic rings. The molecule has 2 fully saturated rings. The smallest absolute Gasteiger partial charge is 0.347 e. The van der Waals surface area contributed by atoms with Gasteiger partial charge in [-0.05, 0) is 52.6 Å². The second-order valence-corrected chi connectivity index (χ2v) is 10.7. The van der Waals surface area contributed by atoms with Gasteiger partial charge in [-0.25, -0.2) is 9.78 Å². The number of piperidine rings is 2. The van der Waals surface area contributed by atoms with Crippen LogP contribution in [-0.2, 0) is 4.79 Å². The van der Waals surface area contributed by atoms with Crippen molar-refractivity contribution in [3.63, 3.8) is 0 Å². The molecule has 0 spiro atoms. The van der Waals surface area contributed by atoms with E-state index in [1.807, 2.05) is 6.07 Å². The molecule has 4 rings (SSSR count). The fourth-order valence-corrected chi connectivity index (χ4v) is 5.62. The number of nitrogens with two attached hydrogens (primary N) is 1. The molecule has 0 aliphatic carbocycles. The molecule has 2 aromatic heterocycles. The van der Waals surface area contributed by atoms with E-state index in [1.165, 1.54) is 0 Å². The summed E-state index contributed by atoms with van der Waals surface area (Å²) in [5, 5.41) is 13.0. The first-order valence-corrected chi connectivity index (χ1v) is 12.8. The summed E-state index contributed by atoms with van der Waals surface area (Å²) in [6.07, 6.45) is 3.90. The quantitative estimate of drug-likeness (QED) is 0.517. The number of primary amides is 1. The van der Waals surface area contributed by atoms with E-state index in [9.17, 15) is 14.7 Å². The van der Waals surface area contributed by atoms with Gasteiger partial charge in [0.25, 0.3) is 0 Å². The molecule has 2 aromatic rings. The summed E-state index contributed by atoms with van der Waals surface area (Å²) in [5.41, 5.74) is 6.06. The molecule has 2 saturated heterocycles. The van der Waals surface area contributed by atoms with Gasteiger partial charge in [0.05, 0.1) is 17.8 Å². The molecule has 1 amide bonds. The largest absolute Gasteiger partial charge is 0.477 e. The topological polar surface area (TPSA) is 141 Å². The minimum Gasteiger partial charge on any atom is -0.477 e. The van der Waals surface area contributed by atoms with Crippen LogP contribution in [0.5, 0.6) is 0 Å². The van der Waals surface area contributed by atoms with Crippen LogP contribution in [0.3, 0.4) is 0 Å². The number of carboxylic acid groups (broad SMARTS) is 1. The zero-order chi connectivity index (χ0) is 25.3. The summed E-state index contributed by atoms with van der Waals surface area (Å²) in [4.78, 5) is 44.0. The first-order chi connectivity index (χ1) is 16.6. The lowest BCUT2D eigenvalue weighted by Crippen LogP contribution is -2.50. The number of carbonyl (C=O) groups excluding carboxylic acids is 1. The van der Waals surface area contributed by atoms with Crippen molar-refractivity contribution in [3.8, 4) is 0 Å². The maximum Gasteiger partial charge on any atom is 0.347 e. The van der Waals surface area contributed by atoms with Gasteiger partial charge in [-0.2, -0.15) is 9.97 Å². The maximum atomic E-state index is 11.9. The monoisotopic (exact) mass is 502 g/mol. The van der Waals surface area contributed by atoms with E-state index in [-0.39, 0.29) is 22.9 Å². The van der Waals surface area contributed by atoms with Crippen molar-refractivity contribution in [3.05, 3.63) is 16.6 Å². The molecule has 0 radical (unpaired) electrons. The minimum absolute atomic E-state index is 0.182. The Balaban J connectivity index is 1.71. The molecule has 12 heteroatoms. The standard InChI is InChI=1S/C23H34N8O3S/c1-13-7-9-31(18(10-13)29(3)4)17-11-16(30-8-5-6-15(12-30)20(24)32)26-22(27-17)28-23-25-14(2)19(35-23)21(33)34/h11,13,15,18H,5-10,12H2,1-4H3,(H2,24,32)(H,33,34)(H,25,26,27,28). The number of aromatic carboxylic acids is 1. The summed E-state index contributed by atoms with van der Waals surface area (Å²) in [7, 11) is 4.15. The van der Waals surface area contributed by atoms with Gasteiger partial charge in [0.1, 0.15) is 16.5 Å². The number of carboxylic acids is 1. The molecule has 11 nitrogen and oxygen atoms in total. The van der Waals surface area contributed by atoms with Gasteiger partial charge in [0.2, 0.25) is 11.9 Å². The van der Waals surface area contributed by atoms with Crippen molar-refractivity contribution in [2.24, 2.45) is 17.6 Å². The SMILES string of the molecule is Cc1nc(Nc2nc(N3CCCC(C(N)=O)C3)cc(N3CCC(C)CC3N(C)C)n2)sc1C(=O)O. The molecule has 3 atom stereocenters. The number of nitrogens with zero attached hydrogens (tertiary/aromatic N) is 6. The van der Waals surface area contributed by atoms with Gasteiger partial charge in [-0.3, -0.25) is 15.0 Å². The molecule has 0 saturated carbocycles. The van der Waals surface area contributed by atoms with Crippen molar-refractivity contribution < 1.29 is 14.7 Å². The van der Waals surface area contributed by atoms with Crippen LogP contribution in [0.15, 0.2) is 6.07 Å². The Hall–Kier alpha value is -2.99. The number of thiazole rings is 1. The van der Waals surface area contributed by atoms with Crippen LogP contribution in [0.2, 0.25) is 0 Å². The Morgan fingerprint density at radius 1 is 1.20 bits per heavy atom. The van der Waals surface area contributed by atoms with E-state index in [0.717, 1.165) is 55.9 Å². The number of amides is 1. The highest BCUT2D eigenvalue weighted by Gasteiger charge is 2.31. The predicted octanol–water partition coefficient (Wildman–Crippen LogP) is 2.51. The zero-order valence-electron chi connectivity index (χ0n) is 20.7. The second-order valence-electron chi connectivity index (χ2n) is 9.73. The van der Waals surface area contributed by atoms with E-state index in [0.29, 0.717) is 35.1 Å². The van der Waals surface area contributed by atoms with E-state index < -0.39 is 5.97 Å². The molecular formula is C23H34N8O3S. The van der Waals surface area contributed by atoms with Crippen molar-refractivity contribution in [2.75, 3.05) is 48.8 Å². The van der Waals surface area contributed by atoms with Crippen LogP contribution in [0.25, 0.3) is 0 Å². The van der Waals surface area contributed by atoms with Crippen LogP contribution in [0.1, 0.15) is 48.0 Å². The summed E-state index contributed by atoms with van der Waals surface area (Å²) >= 11 is 1.06. The number of hydrogen-bond donors (Lipinski definition) is 3. The second kappa shape index (κ2) is 10.3. The average Bonchev–Trinajstić information content (AvgIpc) is 3.18. The zero-order valence-corrected chi connectivity index (χ0v) is 21.5. The highest BCUT2D eigenvalue weighted by atomic mass is 32.1. The fourth-order valence-electron chi connectivity index (χ4n) is 4.82. The third-order valence-electron chi connectivity index (χ3n) is 6.78. The van der Waals surface area contributed by atoms with Gasteiger partial charge in [0, 0.05) is 25.7 Å². The lowest BCUT2D eigenvalue weighted by molar-refractivity contribution is -0.122. The Labute approximate surface area is 209 Å². The Morgan fingerprint density at radius 2 is 1.94 bits per heavy atom. The number of nitrogens with one attached hydrogen (secondary N) is 1. The molecule has 35 heavy (non-hydrogen) atoms. The maximum absolute atomic E-state index is 11.9. The number of hydrogen-bond acceptors (Lipinski definition) is 10. The fraction of sp³-hybridized carbons (Fsp3) is 0.609. The summed E-state index contributed by atoms with van der Waals surface area (Å²) in [5.74, 6) is 0.945. The highest BCUT2D eigenvalue weighted by molar-refractivity contribution is 7.17. The molecule has 0 bridgehead atoms. The Bertz CT molecular complexity index is 1090. The first kappa shape index (κ1) is 25.1. The molecule has 4 N–H and O–H groups in total. The van der Waals surface area contributed by atoms with Crippen LogP contribution < -0.4 is 20.9 Å². The molecule has 4 heterocycles. The normalized spacial score (nSPS) is 22.9. The van der Waals surface area contributed by atoms with Gasteiger partial charge < -0.3 is 20.6 Å². The van der Waals surface area contributed by atoms with E-state index in [2.05, 4.69) is 46.0 Å². The van der Waals surface area contributed by atoms with Gasteiger partial charge in [-0.15, -0.1) is 0 Å². The van der Waals surface area contributed by atoms with E-state index in [1.54, 1.807) is 6.92 Å². The van der Waals surface area contributed by atoms with Crippen molar-refractivity contribution in [1.29, 1.82) is 0 Å². The van der Waals surface area contributed by atoms with Gasteiger partial charge in [0.15, 0.2) is 5.13 Å². The molecule has 0 aromatic carbocycles. The summed E-state index contributed by atoms with van der Waals surface area (Å²) < 4.78 is 0. The lowest BCUT2D eigenvalue weighted by Gasteiger charge is -2.43. The third kappa shape index (κ3) is 5.64.